The van der Waals surface area contributed by atoms with Gasteiger partial charge in [0, 0.05) is 24.8 Å². The number of alkyl halides is 3. The number of nitrogens with one attached hydrogen (secondary N) is 2. The molecule has 0 atom stereocenters. The van der Waals surface area contributed by atoms with Gasteiger partial charge in [0.1, 0.15) is 0 Å². The minimum atomic E-state index is -4.02. The standard InChI is InChI=1S/C16H21F3N2/c17-16(18,19)13-4-6-14(7-5-13)21-10-12-3-1-2-11-8-9-20-15(11)12/h1-3,13-14,20-21H,4-10H2. The van der Waals surface area contributed by atoms with Crippen LogP contribution in [0.1, 0.15) is 36.8 Å². The second-order valence-electron chi connectivity index (χ2n) is 6.10. The topological polar surface area (TPSA) is 24.1 Å². The van der Waals surface area contributed by atoms with Crippen LogP contribution in [0.5, 0.6) is 0 Å². The van der Waals surface area contributed by atoms with Crippen molar-refractivity contribution in [3.63, 3.8) is 0 Å². The lowest BCUT2D eigenvalue weighted by Crippen LogP contribution is -2.36. The van der Waals surface area contributed by atoms with Gasteiger partial charge in [0.25, 0.3) is 0 Å². The first kappa shape index (κ1) is 14.7. The van der Waals surface area contributed by atoms with Gasteiger partial charge in [-0.05, 0) is 43.2 Å². The lowest BCUT2D eigenvalue weighted by atomic mass is 9.85. The molecule has 1 heterocycles. The van der Waals surface area contributed by atoms with Crippen LogP contribution in [0.2, 0.25) is 0 Å². The maximum absolute atomic E-state index is 12.6. The molecule has 1 aliphatic heterocycles. The fourth-order valence-corrected chi connectivity index (χ4v) is 3.44. The minimum Gasteiger partial charge on any atom is -0.384 e. The minimum absolute atomic E-state index is 0.209. The van der Waals surface area contributed by atoms with Gasteiger partial charge in [-0.15, -0.1) is 0 Å². The van der Waals surface area contributed by atoms with E-state index >= 15 is 0 Å². The van der Waals surface area contributed by atoms with Gasteiger partial charge in [-0.3, -0.25) is 0 Å². The number of fused-ring (bicyclic) bond motifs is 1. The summed E-state index contributed by atoms with van der Waals surface area (Å²) in [4.78, 5) is 0. The number of halogens is 3. The van der Waals surface area contributed by atoms with Crippen LogP contribution < -0.4 is 10.6 Å². The molecule has 2 aliphatic rings. The Bertz CT molecular complexity index is 491. The molecule has 3 rings (SSSR count). The summed E-state index contributed by atoms with van der Waals surface area (Å²) >= 11 is 0. The van der Waals surface area contributed by atoms with Gasteiger partial charge in [-0.2, -0.15) is 13.2 Å². The van der Waals surface area contributed by atoms with Crippen LogP contribution in [0.3, 0.4) is 0 Å². The van der Waals surface area contributed by atoms with Crippen LogP contribution in [-0.4, -0.2) is 18.8 Å². The second-order valence-corrected chi connectivity index (χ2v) is 6.10. The van der Waals surface area contributed by atoms with E-state index in [0.717, 1.165) is 19.5 Å². The Morgan fingerprint density at radius 2 is 1.90 bits per heavy atom. The fourth-order valence-electron chi connectivity index (χ4n) is 3.44. The van der Waals surface area contributed by atoms with Crippen LogP contribution in [-0.2, 0) is 13.0 Å². The van der Waals surface area contributed by atoms with Gasteiger partial charge >= 0.3 is 6.18 Å². The Balaban J connectivity index is 1.52. The Labute approximate surface area is 123 Å². The molecule has 1 aliphatic carbocycles. The lowest BCUT2D eigenvalue weighted by molar-refractivity contribution is -0.182. The number of benzene rings is 1. The quantitative estimate of drug-likeness (QED) is 0.885. The van der Waals surface area contributed by atoms with E-state index in [1.807, 2.05) is 0 Å². The maximum atomic E-state index is 12.6. The molecule has 0 bridgehead atoms. The third-order valence-electron chi connectivity index (χ3n) is 4.70. The van der Waals surface area contributed by atoms with Crippen molar-refractivity contribution in [2.75, 3.05) is 11.9 Å². The first-order valence-electron chi connectivity index (χ1n) is 7.69. The molecule has 0 amide bonds. The van der Waals surface area contributed by atoms with Gasteiger partial charge in [-0.25, -0.2) is 0 Å². The van der Waals surface area contributed by atoms with E-state index in [1.165, 1.54) is 16.8 Å². The monoisotopic (exact) mass is 298 g/mol. The number of anilines is 1. The summed E-state index contributed by atoms with van der Waals surface area (Å²) in [7, 11) is 0. The van der Waals surface area contributed by atoms with Crippen LogP contribution in [0.25, 0.3) is 0 Å². The van der Waals surface area contributed by atoms with Crippen molar-refractivity contribution in [3.05, 3.63) is 29.3 Å². The summed E-state index contributed by atoms with van der Waals surface area (Å²) < 4.78 is 37.9. The zero-order valence-corrected chi connectivity index (χ0v) is 12.0. The molecule has 0 unspecified atom stereocenters. The molecule has 1 saturated carbocycles. The van der Waals surface area contributed by atoms with E-state index in [2.05, 4.69) is 28.8 Å². The molecule has 0 aromatic heterocycles. The molecule has 2 N–H and O–H groups in total. The molecular weight excluding hydrogens is 277 g/mol. The van der Waals surface area contributed by atoms with Crippen molar-refractivity contribution in [2.24, 2.45) is 5.92 Å². The Morgan fingerprint density at radius 1 is 1.14 bits per heavy atom. The SMILES string of the molecule is FC(F)(F)C1CCC(NCc2cccc3c2NCC3)CC1. The van der Waals surface area contributed by atoms with Crippen LogP contribution in [0.4, 0.5) is 18.9 Å². The normalized spacial score (nSPS) is 25.5. The molecule has 1 aromatic rings. The third kappa shape index (κ3) is 3.34. The highest BCUT2D eigenvalue weighted by Crippen LogP contribution is 2.37. The summed E-state index contributed by atoms with van der Waals surface area (Å²) in [6.07, 6.45) is -1.22. The first-order chi connectivity index (χ1) is 10.0. The number of hydrogen-bond donors (Lipinski definition) is 2. The summed E-state index contributed by atoms with van der Waals surface area (Å²) in [6, 6.07) is 6.49. The van der Waals surface area contributed by atoms with Crippen molar-refractivity contribution >= 4 is 5.69 Å². The Morgan fingerprint density at radius 3 is 2.62 bits per heavy atom. The molecule has 0 radical (unpaired) electrons. The zero-order valence-electron chi connectivity index (χ0n) is 12.0. The Hall–Kier alpha value is -1.23. The van der Waals surface area contributed by atoms with E-state index in [9.17, 15) is 13.2 Å². The van der Waals surface area contributed by atoms with Crippen molar-refractivity contribution in [3.8, 4) is 0 Å². The Kier molecular flexibility index (Phi) is 4.11. The summed E-state index contributed by atoms with van der Waals surface area (Å²) in [5.74, 6) is -1.10. The van der Waals surface area contributed by atoms with E-state index in [0.29, 0.717) is 12.8 Å². The molecule has 1 fully saturated rings. The first-order valence-corrected chi connectivity index (χ1v) is 7.69. The highest BCUT2D eigenvalue weighted by atomic mass is 19.4. The molecule has 0 spiro atoms. The van der Waals surface area contributed by atoms with Gasteiger partial charge in [-0.1, -0.05) is 18.2 Å². The highest BCUT2D eigenvalue weighted by Gasteiger charge is 2.41. The van der Waals surface area contributed by atoms with E-state index in [-0.39, 0.29) is 18.9 Å². The molecule has 1 aromatic carbocycles. The van der Waals surface area contributed by atoms with Crippen LogP contribution in [0.15, 0.2) is 18.2 Å². The molecule has 116 valence electrons. The predicted octanol–water partition coefficient (Wildman–Crippen LogP) is 3.87. The largest absolute Gasteiger partial charge is 0.391 e. The predicted molar refractivity (Wildman–Crippen MR) is 77.3 cm³/mol. The van der Waals surface area contributed by atoms with E-state index in [4.69, 9.17) is 0 Å². The van der Waals surface area contributed by atoms with Crippen molar-refractivity contribution in [2.45, 2.75) is 50.9 Å². The van der Waals surface area contributed by atoms with Gasteiger partial charge < -0.3 is 10.6 Å². The average Bonchev–Trinajstić information content (AvgIpc) is 2.93. The summed E-state index contributed by atoms with van der Waals surface area (Å²) in [5, 5.41) is 6.83. The maximum Gasteiger partial charge on any atom is 0.391 e. The highest BCUT2D eigenvalue weighted by molar-refractivity contribution is 5.61. The second kappa shape index (κ2) is 5.87. The van der Waals surface area contributed by atoms with Crippen molar-refractivity contribution < 1.29 is 13.2 Å². The van der Waals surface area contributed by atoms with Gasteiger partial charge in [0.05, 0.1) is 5.92 Å². The molecule has 5 heteroatoms. The third-order valence-corrected chi connectivity index (χ3v) is 4.70. The van der Waals surface area contributed by atoms with E-state index in [1.54, 1.807) is 0 Å². The van der Waals surface area contributed by atoms with Crippen LogP contribution >= 0.6 is 0 Å². The molecular formula is C16H21F3N2. The smallest absolute Gasteiger partial charge is 0.384 e. The van der Waals surface area contributed by atoms with Crippen LogP contribution in [0, 0.1) is 5.92 Å². The summed E-state index contributed by atoms with van der Waals surface area (Å²) in [6.45, 7) is 1.71. The van der Waals surface area contributed by atoms with Gasteiger partial charge in [0.2, 0.25) is 0 Å². The zero-order chi connectivity index (χ0) is 14.9. The van der Waals surface area contributed by atoms with Crippen molar-refractivity contribution in [1.29, 1.82) is 0 Å². The van der Waals surface area contributed by atoms with Gasteiger partial charge in [0.15, 0.2) is 0 Å². The summed E-state index contributed by atoms with van der Waals surface area (Å²) in [5.41, 5.74) is 3.78. The fraction of sp³-hybridized carbons (Fsp3) is 0.625. The molecule has 21 heavy (non-hydrogen) atoms. The molecule has 2 nitrogen and oxygen atoms in total. The molecule has 0 saturated heterocycles. The van der Waals surface area contributed by atoms with E-state index < -0.39 is 12.1 Å². The number of hydrogen-bond acceptors (Lipinski definition) is 2. The lowest BCUT2D eigenvalue weighted by Gasteiger charge is -2.30. The van der Waals surface area contributed by atoms with Crippen molar-refractivity contribution in [1.82, 2.24) is 5.32 Å². The number of rotatable bonds is 3. The average molecular weight is 298 g/mol. The number of para-hydroxylation sites is 1.